The Bertz CT molecular complexity index is 912. The van der Waals surface area contributed by atoms with Gasteiger partial charge in [-0.15, -0.1) is 0 Å². The largest absolute Gasteiger partial charge is 0.322 e. The van der Waals surface area contributed by atoms with E-state index in [1.807, 2.05) is 6.92 Å². The third kappa shape index (κ3) is 4.87. The molecule has 2 N–H and O–H groups in total. The molecule has 0 aromatic heterocycles. The summed E-state index contributed by atoms with van der Waals surface area (Å²) in [6.07, 6.45) is 1.57. The van der Waals surface area contributed by atoms with Crippen molar-refractivity contribution in [3.8, 4) is 0 Å². The van der Waals surface area contributed by atoms with Crippen molar-refractivity contribution >= 4 is 27.3 Å². The Hall–Kier alpha value is -2.78. The minimum Gasteiger partial charge on any atom is -0.322 e. The molecule has 2 rings (SSSR count). The second-order valence-corrected chi connectivity index (χ2v) is 7.27. The van der Waals surface area contributed by atoms with Gasteiger partial charge in [0.2, 0.25) is 10.0 Å². The van der Waals surface area contributed by atoms with E-state index in [0.717, 1.165) is 6.42 Å². The Kier molecular flexibility index (Phi) is 6.42. The van der Waals surface area contributed by atoms with Crippen LogP contribution in [0.2, 0.25) is 0 Å². The predicted octanol–water partition coefficient (Wildman–Crippen LogP) is 2.93. The summed E-state index contributed by atoms with van der Waals surface area (Å²) in [4.78, 5) is 22.7. The number of rotatable bonds is 8. The van der Waals surface area contributed by atoms with Gasteiger partial charge in [-0.3, -0.25) is 14.9 Å². The third-order valence-electron chi connectivity index (χ3n) is 3.57. The molecule has 0 atom stereocenters. The van der Waals surface area contributed by atoms with Gasteiger partial charge < -0.3 is 5.32 Å². The van der Waals surface area contributed by atoms with Gasteiger partial charge >= 0.3 is 0 Å². The van der Waals surface area contributed by atoms with Crippen LogP contribution < -0.4 is 10.0 Å². The van der Waals surface area contributed by atoms with E-state index >= 15 is 0 Å². The zero-order chi connectivity index (χ0) is 19.2. The smallest absolute Gasteiger partial charge is 0.282 e. The van der Waals surface area contributed by atoms with Crippen molar-refractivity contribution in [2.24, 2.45) is 0 Å². The van der Waals surface area contributed by atoms with Crippen molar-refractivity contribution in [1.29, 1.82) is 0 Å². The number of amides is 1. The summed E-state index contributed by atoms with van der Waals surface area (Å²) >= 11 is 0. The number of hydrogen-bond acceptors (Lipinski definition) is 5. The monoisotopic (exact) mass is 377 g/mol. The van der Waals surface area contributed by atoms with Crippen molar-refractivity contribution in [3.63, 3.8) is 0 Å². The number of nitrogens with zero attached hydrogens (tertiary/aromatic N) is 1. The molecule has 0 unspecified atom stereocenters. The maximum Gasteiger partial charge on any atom is 0.282 e. The third-order valence-corrected chi connectivity index (χ3v) is 5.03. The molecule has 2 aromatic rings. The lowest BCUT2D eigenvalue weighted by atomic mass is 10.1. The Labute approximate surface area is 151 Å². The molecule has 0 aliphatic rings. The highest BCUT2D eigenvalue weighted by Gasteiger charge is 2.20. The summed E-state index contributed by atoms with van der Waals surface area (Å²) in [6, 6.07) is 11.3. The number of nitro groups is 1. The van der Waals surface area contributed by atoms with Gasteiger partial charge in [-0.1, -0.05) is 31.5 Å². The van der Waals surface area contributed by atoms with Gasteiger partial charge in [0.25, 0.3) is 11.6 Å². The first kappa shape index (κ1) is 19.5. The van der Waals surface area contributed by atoms with E-state index in [4.69, 9.17) is 0 Å². The number of benzene rings is 2. The molecule has 0 aliphatic carbocycles. The Morgan fingerprint density at radius 3 is 2.58 bits per heavy atom. The second-order valence-electron chi connectivity index (χ2n) is 5.51. The van der Waals surface area contributed by atoms with Gasteiger partial charge in [0.15, 0.2) is 0 Å². The number of carbonyl (C=O) groups is 1. The highest BCUT2D eigenvalue weighted by molar-refractivity contribution is 7.89. The summed E-state index contributed by atoms with van der Waals surface area (Å²) < 4.78 is 27.0. The number of para-hydroxylation sites is 1. The molecule has 0 spiro atoms. The molecule has 0 saturated heterocycles. The van der Waals surface area contributed by atoms with E-state index in [2.05, 4.69) is 10.0 Å². The zero-order valence-corrected chi connectivity index (χ0v) is 15.0. The van der Waals surface area contributed by atoms with E-state index in [1.54, 1.807) is 0 Å². The van der Waals surface area contributed by atoms with Gasteiger partial charge in [-0.25, -0.2) is 13.1 Å². The highest BCUT2D eigenvalue weighted by atomic mass is 32.2. The van der Waals surface area contributed by atoms with Gasteiger partial charge in [0.05, 0.1) is 9.82 Å². The SMILES string of the molecule is CCCCNS(=O)(=O)c1cccc(NC(=O)c2ccccc2[N+](=O)[O-])c1. The van der Waals surface area contributed by atoms with Crippen LogP contribution in [0.15, 0.2) is 53.4 Å². The summed E-state index contributed by atoms with van der Waals surface area (Å²) in [7, 11) is -3.69. The van der Waals surface area contributed by atoms with Crippen LogP contribution in [0.1, 0.15) is 30.1 Å². The molecule has 138 valence electrons. The van der Waals surface area contributed by atoms with Crippen molar-refractivity contribution in [2.75, 3.05) is 11.9 Å². The topological polar surface area (TPSA) is 118 Å². The van der Waals surface area contributed by atoms with Crippen LogP contribution in [0.3, 0.4) is 0 Å². The Morgan fingerprint density at radius 1 is 1.15 bits per heavy atom. The molecule has 0 bridgehead atoms. The molecule has 0 aliphatic heterocycles. The lowest BCUT2D eigenvalue weighted by Crippen LogP contribution is -2.24. The second kappa shape index (κ2) is 8.54. The summed E-state index contributed by atoms with van der Waals surface area (Å²) in [6.45, 7) is 2.28. The molecule has 0 radical (unpaired) electrons. The fourth-order valence-corrected chi connectivity index (χ4v) is 3.35. The van der Waals surface area contributed by atoms with Crippen LogP contribution in [0.25, 0.3) is 0 Å². The molecule has 0 fully saturated rings. The minimum atomic E-state index is -3.69. The number of nitro benzene ring substituents is 1. The number of hydrogen-bond donors (Lipinski definition) is 2. The standard InChI is InChI=1S/C17H19N3O5S/c1-2-3-11-18-26(24,25)14-8-6-7-13(12-14)19-17(21)15-9-4-5-10-16(15)20(22)23/h4-10,12,18H,2-3,11H2,1H3,(H,19,21). The highest BCUT2D eigenvalue weighted by Crippen LogP contribution is 2.21. The quantitative estimate of drug-likeness (QED) is 0.416. The van der Waals surface area contributed by atoms with Crippen LogP contribution in [0, 0.1) is 10.1 Å². The van der Waals surface area contributed by atoms with Crippen molar-refractivity contribution in [1.82, 2.24) is 4.72 Å². The van der Waals surface area contributed by atoms with E-state index in [-0.39, 0.29) is 21.8 Å². The first-order valence-corrected chi connectivity index (χ1v) is 9.48. The van der Waals surface area contributed by atoms with Crippen LogP contribution in [-0.2, 0) is 10.0 Å². The molecular weight excluding hydrogens is 358 g/mol. The van der Waals surface area contributed by atoms with Gasteiger partial charge in [-0.05, 0) is 30.7 Å². The fourth-order valence-electron chi connectivity index (χ4n) is 2.23. The van der Waals surface area contributed by atoms with Gasteiger partial charge in [0, 0.05) is 18.3 Å². The van der Waals surface area contributed by atoms with Crippen LogP contribution in [-0.4, -0.2) is 25.8 Å². The predicted molar refractivity (Wildman–Crippen MR) is 97.6 cm³/mol. The van der Waals surface area contributed by atoms with E-state index < -0.39 is 20.9 Å². The number of unbranched alkanes of at least 4 members (excludes halogenated alkanes) is 1. The molecule has 1 amide bonds. The van der Waals surface area contributed by atoms with Crippen molar-refractivity contribution in [2.45, 2.75) is 24.7 Å². The Balaban J connectivity index is 2.21. The lowest BCUT2D eigenvalue weighted by Gasteiger charge is -2.09. The number of anilines is 1. The van der Waals surface area contributed by atoms with E-state index in [9.17, 15) is 23.3 Å². The van der Waals surface area contributed by atoms with Crippen molar-refractivity contribution < 1.29 is 18.1 Å². The minimum absolute atomic E-state index is 0.00830. The lowest BCUT2D eigenvalue weighted by molar-refractivity contribution is -0.385. The Morgan fingerprint density at radius 2 is 1.88 bits per heavy atom. The van der Waals surface area contributed by atoms with E-state index in [0.29, 0.717) is 13.0 Å². The number of carbonyl (C=O) groups excluding carboxylic acids is 1. The first-order chi connectivity index (χ1) is 12.3. The summed E-state index contributed by atoms with van der Waals surface area (Å²) in [5.41, 5.74) is -0.201. The summed E-state index contributed by atoms with van der Waals surface area (Å²) in [5, 5.41) is 13.5. The fraction of sp³-hybridized carbons (Fsp3) is 0.235. The first-order valence-electron chi connectivity index (χ1n) is 7.99. The van der Waals surface area contributed by atoms with Crippen LogP contribution in [0.4, 0.5) is 11.4 Å². The van der Waals surface area contributed by atoms with Gasteiger partial charge in [-0.2, -0.15) is 0 Å². The molecule has 8 nitrogen and oxygen atoms in total. The molecule has 0 heterocycles. The number of sulfonamides is 1. The molecule has 26 heavy (non-hydrogen) atoms. The molecule has 0 saturated carbocycles. The zero-order valence-electron chi connectivity index (χ0n) is 14.1. The average molecular weight is 377 g/mol. The molecule has 2 aromatic carbocycles. The number of nitrogens with one attached hydrogen (secondary N) is 2. The maximum atomic E-state index is 12.3. The maximum absolute atomic E-state index is 12.3. The molecule has 9 heteroatoms. The van der Waals surface area contributed by atoms with Crippen LogP contribution in [0.5, 0.6) is 0 Å². The summed E-state index contributed by atoms with van der Waals surface area (Å²) in [5.74, 6) is -0.689. The van der Waals surface area contributed by atoms with Gasteiger partial charge in [0.1, 0.15) is 5.56 Å². The molecular formula is C17H19N3O5S. The average Bonchev–Trinajstić information content (AvgIpc) is 2.62. The van der Waals surface area contributed by atoms with Crippen molar-refractivity contribution in [3.05, 3.63) is 64.2 Å². The van der Waals surface area contributed by atoms with E-state index in [1.165, 1.54) is 48.5 Å². The van der Waals surface area contributed by atoms with Crippen LogP contribution >= 0.6 is 0 Å². The normalized spacial score (nSPS) is 11.1.